The molecule has 0 fully saturated rings. The number of para-hydroxylation sites is 2. The van der Waals surface area contributed by atoms with Gasteiger partial charge in [-0.3, -0.25) is 0 Å². The topological polar surface area (TPSA) is 21.3 Å². The Morgan fingerprint density at radius 3 is 2.70 bits per heavy atom. The Bertz CT molecular complexity index is 586. The minimum atomic E-state index is 0.149. The van der Waals surface area contributed by atoms with E-state index in [4.69, 9.17) is 16.3 Å². The lowest BCUT2D eigenvalue weighted by molar-refractivity contribution is 0.243. The van der Waals surface area contributed by atoms with Crippen molar-refractivity contribution in [1.29, 1.82) is 0 Å². The largest absolute Gasteiger partial charge is 0.489 e. The molecule has 0 atom stereocenters. The summed E-state index contributed by atoms with van der Waals surface area (Å²) in [5.74, 6) is 0.862. The highest BCUT2D eigenvalue weighted by molar-refractivity contribution is 9.10. The molecule has 2 aromatic rings. The van der Waals surface area contributed by atoms with Gasteiger partial charge in [0.15, 0.2) is 0 Å². The Labute approximate surface area is 133 Å². The van der Waals surface area contributed by atoms with E-state index in [0.717, 1.165) is 26.5 Å². The molecular formula is C16H17BrClNO. The minimum Gasteiger partial charge on any atom is -0.489 e. The van der Waals surface area contributed by atoms with Crippen LogP contribution in [0.3, 0.4) is 0 Å². The molecule has 1 N–H and O–H groups in total. The molecule has 0 unspecified atom stereocenters. The van der Waals surface area contributed by atoms with Crippen LogP contribution < -0.4 is 10.1 Å². The number of hydrogen-bond donors (Lipinski definition) is 1. The van der Waals surface area contributed by atoms with Crippen molar-refractivity contribution in [2.24, 2.45) is 0 Å². The number of rotatable bonds is 5. The molecule has 2 aromatic carbocycles. The third-order valence-electron chi connectivity index (χ3n) is 2.73. The highest BCUT2D eigenvalue weighted by Crippen LogP contribution is 2.27. The first kappa shape index (κ1) is 15.2. The van der Waals surface area contributed by atoms with Crippen molar-refractivity contribution in [2.75, 3.05) is 5.32 Å². The summed E-state index contributed by atoms with van der Waals surface area (Å²) in [7, 11) is 0. The fourth-order valence-electron chi connectivity index (χ4n) is 1.84. The van der Waals surface area contributed by atoms with Gasteiger partial charge in [0.25, 0.3) is 0 Å². The molecule has 0 bridgehead atoms. The Kier molecular flexibility index (Phi) is 5.32. The number of halogens is 2. The second-order valence-electron chi connectivity index (χ2n) is 4.75. The average Bonchev–Trinajstić information content (AvgIpc) is 2.41. The summed E-state index contributed by atoms with van der Waals surface area (Å²) >= 11 is 9.56. The van der Waals surface area contributed by atoms with Crippen LogP contribution in [-0.4, -0.2) is 6.10 Å². The molecule has 0 saturated heterocycles. The van der Waals surface area contributed by atoms with Crippen LogP contribution in [0.4, 0.5) is 5.69 Å². The maximum absolute atomic E-state index is 6.03. The summed E-state index contributed by atoms with van der Waals surface area (Å²) in [4.78, 5) is 0. The van der Waals surface area contributed by atoms with Gasteiger partial charge in [-0.25, -0.2) is 0 Å². The lowest BCUT2D eigenvalue weighted by Crippen LogP contribution is -2.08. The fraction of sp³-hybridized carbons (Fsp3) is 0.250. The molecule has 0 aliphatic heterocycles. The highest BCUT2D eigenvalue weighted by atomic mass is 79.9. The first-order valence-electron chi connectivity index (χ1n) is 6.49. The molecule has 2 rings (SSSR count). The predicted octanol–water partition coefficient (Wildman–Crippen LogP) is 5.50. The Hall–Kier alpha value is -1.19. The van der Waals surface area contributed by atoms with Crippen molar-refractivity contribution in [2.45, 2.75) is 26.5 Å². The molecular weight excluding hydrogens is 338 g/mol. The van der Waals surface area contributed by atoms with E-state index in [1.165, 1.54) is 0 Å². The van der Waals surface area contributed by atoms with Crippen molar-refractivity contribution >= 4 is 33.2 Å². The van der Waals surface area contributed by atoms with E-state index in [0.29, 0.717) is 6.54 Å². The maximum atomic E-state index is 6.03. The van der Waals surface area contributed by atoms with Crippen molar-refractivity contribution in [3.8, 4) is 5.75 Å². The normalized spacial score (nSPS) is 10.7. The van der Waals surface area contributed by atoms with E-state index in [-0.39, 0.29) is 6.10 Å². The summed E-state index contributed by atoms with van der Waals surface area (Å²) in [6.45, 7) is 4.72. The van der Waals surface area contributed by atoms with Crippen molar-refractivity contribution in [1.82, 2.24) is 0 Å². The molecule has 20 heavy (non-hydrogen) atoms. The van der Waals surface area contributed by atoms with Crippen LogP contribution in [0, 0.1) is 0 Å². The Balaban J connectivity index is 2.12. The second-order valence-corrected chi connectivity index (χ2v) is 6.04. The van der Waals surface area contributed by atoms with Gasteiger partial charge in [0, 0.05) is 16.0 Å². The van der Waals surface area contributed by atoms with Crippen LogP contribution in [0.25, 0.3) is 0 Å². The molecule has 2 nitrogen and oxygen atoms in total. The zero-order chi connectivity index (χ0) is 14.5. The first-order chi connectivity index (χ1) is 9.56. The first-order valence-corrected chi connectivity index (χ1v) is 7.67. The van der Waals surface area contributed by atoms with Crippen LogP contribution in [0.1, 0.15) is 19.4 Å². The Morgan fingerprint density at radius 2 is 1.95 bits per heavy atom. The van der Waals surface area contributed by atoms with E-state index in [9.17, 15) is 0 Å². The van der Waals surface area contributed by atoms with Crippen LogP contribution in [-0.2, 0) is 6.54 Å². The smallest absolute Gasteiger partial charge is 0.142 e. The number of hydrogen-bond acceptors (Lipinski definition) is 2. The van der Waals surface area contributed by atoms with Gasteiger partial charge >= 0.3 is 0 Å². The quantitative estimate of drug-likeness (QED) is 0.765. The monoisotopic (exact) mass is 353 g/mol. The van der Waals surface area contributed by atoms with E-state index in [1.807, 2.05) is 56.3 Å². The SMILES string of the molecule is CC(C)Oc1ccccc1NCc1cc(Cl)ccc1Br. The predicted molar refractivity (Wildman–Crippen MR) is 88.7 cm³/mol. The van der Waals surface area contributed by atoms with Gasteiger partial charge in [-0.2, -0.15) is 0 Å². The zero-order valence-corrected chi connectivity index (χ0v) is 13.8. The summed E-state index contributed by atoms with van der Waals surface area (Å²) in [5.41, 5.74) is 2.09. The molecule has 106 valence electrons. The molecule has 0 heterocycles. The van der Waals surface area contributed by atoms with Crippen LogP contribution >= 0.6 is 27.5 Å². The summed E-state index contributed by atoms with van der Waals surface area (Å²) in [6.07, 6.45) is 0.149. The van der Waals surface area contributed by atoms with Crippen molar-refractivity contribution in [3.63, 3.8) is 0 Å². The maximum Gasteiger partial charge on any atom is 0.142 e. The van der Waals surface area contributed by atoms with Gasteiger partial charge in [-0.1, -0.05) is 39.7 Å². The minimum absolute atomic E-state index is 0.149. The summed E-state index contributed by atoms with van der Waals surface area (Å²) in [5, 5.41) is 4.12. The van der Waals surface area contributed by atoms with E-state index >= 15 is 0 Å². The number of ether oxygens (including phenoxy) is 1. The number of anilines is 1. The molecule has 0 aliphatic carbocycles. The number of benzene rings is 2. The molecule has 0 spiro atoms. The molecule has 0 aromatic heterocycles. The standard InChI is InChI=1S/C16H17BrClNO/c1-11(2)20-16-6-4-3-5-15(16)19-10-12-9-13(18)7-8-14(12)17/h3-9,11,19H,10H2,1-2H3. The fourth-order valence-corrected chi connectivity index (χ4v) is 2.42. The van der Waals surface area contributed by atoms with Gasteiger partial charge in [-0.05, 0) is 49.7 Å². The second kappa shape index (κ2) is 7.00. The summed E-state index contributed by atoms with van der Waals surface area (Å²) in [6, 6.07) is 13.7. The van der Waals surface area contributed by atoms with Crippen LogP contribution in [0.2, 0.25) is 5.02 Å². The van der Waals surface area contributed by atoms with Gasteiger partial charge in [0.1, 0.15) is 5.75 Å². The molecule has 0 radical (unpaired) electrons. The lowest BCUT2D eigenvalue weighted by Gasteiger charge is -2.16. The van der Waals surface area contributed by atoms with Gasteiger partial charge in [-0.15, -0.1) is 0 Å². The number of nitrogens with one attached hydrogen (secondary N) is 1. The third-order valence-corrected chi connectivity index (χ3v) is 3.74. The van der Waals surface area contributed by atoms with Gasteiger partial charge < -0.3 is 10.1 Å². The third kappa shape index (κ3) is 4.15. The molecule has 4 heteroatoms. The van der Waals surface area contributed by atoms with Crippen molar-refractivity contribution < 1.29 is 4.74 Å². The Morgan fingerprint density at radius 1 is 1.20 bits per heavy atom. The average molecular weight is 355 g/mol. The zero-order valence-electron chi connectivity index (χ0n) is 11.5. The van der Waals surface area contributed by atoms with Crippen LogP contribution in [0.15, 0.2) is 46.9 Å². The van der Waals surface area contributed by atoms with Crippen LogP contribution in [0.5, 0.6) is 5.75 Å². The van der Waals surface area contributed by atoms with E-state index in [1.54, 1.807) is 0 Å². The van der Waals surface area contributed by atoms with Crippen molar-refractivity contribution in [3.05, 3.63) is 57.5 Å². The van der Waals surface area contributed by atoms with E-state index < -0.39 is 0 Å². The molecule has 0 amide bonds. The molecule has 0 aliphatic rings. The molecule has 0 saturated carbocycles. The van der Waals surface area contributed by atoms with E-state index in [2.05, 4.69) is 21.2 Å². The lowest BCUT2D eigenvalue weighted by atomic mass is 10.2. The van der Waals surface area contributed by atoms with Gasteiger partial charge in [0.05, 0.1) is 11.8 Å². The summed E-state index contributed by atoms with van der Waals surface area (Å²) < 4.78 is 6.83. The van der Waals surface area contributed by atoms with Gasteiger partial charge in [0.2, 0.25) is 0 Å². The highest BCUT2D eigenvalue weighted by Gasteiger charge is 2.06.